The Morgan fingerprint density at radius 3 is 2.67 bits per heavy atom. The number of aromatic nitrogens is 1. The Kier molecular flexibility index (Phi) is 5.00. The highest BCUT2D eigenvalue weighted by Gasteiger charge is 2.34. The van der Waals surface area contributed by atoms with Gasteiger partial charge in [-0.2, -0.15) is 0 Å². The number of aliphatic hydroxyl groups excluding tert-OH is 1. The van der Waals surface area contributed by atoms with Gasteiger partial charge in [0, 0.05) is 18.0 Å². The lowest BCUT2D eigenvalue weighted by Gasteiger charge is -2.13. The maximum Gasteiger partial charge on any atom is 0.273 e. The van der Waals surface area contributed by atoms with Crippen LogP contribution in [0, 0.1) is 5.92 Å². The third-order valence-corrected chi connectivity index (χ3v) is 4.08. The van der Waals surface area contributed by atoms with Gasteiger partial charge in [-0.15, -0.1) is 0 Å². The van der Waals surface area contributed by atoms with Crippen LogP contribution in [0.1, 0.15) is 55.3 Å². The summed E-state index contributed by atoms with van der Waals surface area (Å²) in [5.41, 5.74) is 1.21. The van der Waals surface area contributed by atoms with E-state index in [-0.39, 0.29) is 18.4 Å². The van der Waals surface area contributed by atoms with Crippen LogP contribution >= 0.6 is 0 Å². The molecule has 1 aromatic carbocycles. The van der Waals surface area contributed by atoms with Gasteiger partial charge in [0.15, 0.2) is 5.69 Å². The molecule has 0 bridgehead atoms. The minimum absolute atomic E-state index is 0.231. The van der Waals surface area contributed by atoms with Crippen LogP contribution in [0.2, 0.25) is 0 Å². The van der Waals surface area contributed by atoms with E-state index >= 15 is 0 Å². The van der Waals surface area contributed by atoms with Crippen LogP contribution in [0.5, 0.6) is 0 Å². The second kappa shape index (κ2) is 7.18. The Balaban J connectivity index is 1.74. The molecule has 1 unspecified atom stereocenters. The topological polar surface area (TPSA) is 75.4 Å². The second-order valence-electron chi connectivity index (χ2n) is 6.87. The van der Waals surface area contributed by atoms with Crippen molar-refractivity contribution in [2.75, 3.05) is 6.54 Å². The number of nitrogens with zero attached hydrogens (tertiary/aromatic N) is 1. The van der Waals surface area contributed by atoms with Crippen molar-refractivity contribution in [1.82, 2.24) is 10.3 Å². The molecule has 0 saturated heterocycles. The summed E-state index contributed by atoms with van der Waals surface area (Å²) in [7, 11) is 0. The standard InChI is InChI=1S/C19H24N2O3/c1-12(2)10-15(22)11-20-18(23)16-17(13-8-9-13)24-19(21-16)14-6-4-3-5-7-14/h3-7,12-13,15,22H,8-11H2,1-2H3,(H,20,23). The molecule has 0 radical (unpaired) electrons. The Bertz CT molecular complexity index is 690. The molecule has 128 valence electrons. The van der Waals surface area contributed by atoms with Gasteiger partial charge in [0.2, 0.25) is 5.89 Å². The van der Waals surface area contributed by atoms with Gasteiger partial charge < -0.3 is 14.8 Å². The van der Waals surface area contributed by atoms with Crippen molar-refractivity contribution in [3.63, 3.8) is 0 Å². The number of amides is 1. The molecular formula is C19H24N2O3. The van der Waals surface area contributed by atoms with Gasteiger partial charge >= 0.3 is 0 Å². The number of benzene rings is 1. The Morgan fingerprint density at radius 1 is 1.33 bits per heavy atom. The van der Waals surface area contributed by atoms with Gasteiger partial charge in [-0.1, -0.05) is 32.0 Å². The zero-order valence-corrected chi connectivity index (χ0v) is 14.2. The first-order chi connectivity index (χ1) is 11.5. The summed E-state index contributed by atoms with van der Waals surface area (Å²) in [6.45, 7) is 4.31. The fourth-order valence-electron chi connectivity index (χ4n) is 2.74. The van der Waals surface area contributed by atoms with E-state index in [2.05, 4.69) is 10.3 Å². The van der Waals surface area contributed by atoms with Crippen molar-refractivity contribution < 1.29 is 14.3 Å². The number of hydrogen-bond acceptors (Lipinski definition) is 4. The maximum atomic E-state index is 12.5. The lowest BCUT2D eigenvalue weighted by atomic mass is 10.1. The summed E-state index contributed by atoms with van der Waals surface area (Å²) in [5, 5.41) is 12.7. The molecule has 1 amide bonds. The zero-order chi connectivity index (χ0) is 17.1. The van der Waals surface area contributed by atoms with Crippen molar-refractivity contribution in [3.05, 3.63) is 41.8 Å². The lowest BCUT2D eigenvalue weighted by Crippen LogP contribution is -2.33. The highest BCUT2D eigenvalue weighted by molar-refractivity contribution is 5.94. The van der Waals surface area contributed by atoms with Crippen LogP contribution in [0.4, 0.5) is 0 Å². The summed E-state index contributed by atoms with van der Waals surface area (Å²) in [6, 6.07) is 9.59. The smallest absolute Gasteiger partial charge is 0.273 e. The molecule has 1 aliphatic rings. The van der Waals surface area contributed by atoms with Crippen LogP contribution in [0.3, 0.4) is 0 Å². The molecule has 1 heterocycles. The lowest BCUT2D eigenvalue weighted by molar-refractivity contribution is 0.0894. The first-order valence-corrected chi connectivity index (χ1v) is 8.57. The van der Waals surface area contributed by atoms with E-state index in [1.165, 1.54) is 0 Å². The van der Waals surface area contributed by atoms with Crippen molar-refractivity contribution >= 4 is 5.91 Å². The van der Waals surface area contributed by atoms with Gasteiger partial charge in [0.05, 0.1) is 6.10 Å². The largest absolute Gasteiger partial charge is 0.440 e. The summed E-state index contributed by atoms with van der Waals surface area (Å²) < 4.78 is 5.88. The number of rotatable bonds is 7. The molecular weight excluding hydrogens is 304 g/mol. The number of aliphatic hydroxyl groups is 1. The minimum Gasteiger partial charge on any atom is -0.440 e. The molecule has 2 aromatic rings. The van der Waals surface area contributed by atoms with E-state index in [1.807, 2.05) is 44.2 Å². The van der Waals surface area contributed by atoms with Crippen LogP contribution < -0.4 is 5.32 Å². The molecule has 3 rings (SSSR count). The molecule has 0 aliphatic heterocycles. The highest BCUT2D eigenvalue weighted by Crippen LogP contribution is 2.43. The van der Waals surface area contributed by atoms with Gasteiger partial charge in [0.1, 0.15) is 5.76 Å². The fraction of sp³-hybridized carbons (Fsp3) is 0.474. The maximum absolute atomic E-state index is 12.5. The first kappa shape index (κ1) is 16.7. The molecule has 2 N–H and O–H groups in total. The Hall–Kier alpha value is -2.14. The van der Waals surface area contributed by atoms with Crippen molar-refractivity contribution in [2.24, 2.45) is 5.92 Å². The Labute approximate surface area is 142 Å². The Morgan fingerprint density at radius 2 is 2.04 bits per heavy atom. The zero-order valence-electron chi connectivity index (χ0n) is 14.2. The average Bonchev–Trinajstić information content (AvgIpc) is 3.31. The SMILES string of the molecule is CC(C)CC(O)CNC(=O)c1nc(-c2ccccc2)oc1C1CC1. The quantitative estimate of drug-likeness (QED) is 0.817. The molecule has 1 aliphatic carbocycles. The van der Waals surface area contributed by atoms with E-state index in [1.54, 1.807) is 0 Å². The van der Waals surface area contributed by atoms with Gasteiger partial charge in [-0.25, -0.2) is 4.98 Å². The summed E-state index contributed by atoms with van der Waals surface area (Å²) in [4.78, 5) is 16.9. The van der Waals surface area contributed by atoms with Crippen LogP contribution in [-0.2, 0) is 0 Å². The van der Waals surface area contributed by atoms with E-state index in [0.29, 0.717) is 29.7 Å². The van der Waals surface area contributed by atoms with Crippen molar-refractivity contribution in [1.29, 1.82) is 0 Å². The van der Waals surface area contributed by atoms with Gasteiger partial charge in [-0.3, -0.25) is 4.79 Å². The monoisotopic (exact) mass is 328 g/mol. The molecule has 24 heavy (non-hydrogen) atoms. The summed E-state index contributed by atoms with van der Waals surface area (Å²) in [6.07, 6.45) is 2.17. The van der Waals surface area contributed by atoms with E-state index in [4.69, 9.17) is 4.42 Å². The van der Waals surface area contributed by atoms with E-state index in [0.717, 1.165) is 18.4 Å². The minimum atomic E-state index is -0.543. The molecule has 1 atom stereocenters. The van der Waals surface area contributed by atoms with Gasteiger partial charge in [-0.05, 0) is 37.3 Å². The number of nitrogens with one attached hydrogen (secondary N) is 1. The van der Waals surface area contributed by atoms with Gasteiger partial charge in [0.25, 0.3) is 5.91 Å². The first-order valence-electron chi connectivity index (χ1n) is 8.57. The average molecular weight is 328 g/mol. The summed E-state index contributed by atoms with van der Waals surface area (Å²) in [5.74, 6) is 1.55. The van der Waals surface area contributed by atoms with E-state index in [9.17, 15) is 9.90 Å². The van der Waals surface area contributed by atoms with E-state index < -0.39 is 6.10 Å². The second-order valence-corrected chi connectivity index (χ2v) is 6.87. The molecule has 1 fully saturated rings. The number of hydrogen-bond donors (Lipinski definition) is 2. The third-order valence-electron chi connectivity index (χ3n) is 4.08. The van der Waals surface area contributed by atoms with Crippen LogP contribution in [0.15, 0.2) is 34.7 Å². The number of oxazole rings is 1. The molecule has 1 saturated carbocycles. The summed E-state index contributed by atoms with van der Waals surface area (Å²) >= 11 is 0. The fourth-order valence-corrected chi connectivity index (χ4v) is 2.74. The number of carbonyl (C=O) groups is 1. The van der Waals surface area contributed by atoms with Crippen LogP contribution in [-0.4, -0.2) is 28.6 Å². The number of carbonyl (C=O) groups excluding carboxylic acids is 1. The van der Waals surface area contributed by atoms with Crippen molar-refractivity contribution in [2.45, 2.75) is 45.1 Å². The predicted molar refractivity (Wildman–Crippen MR) is 91.7 cm³/mol. The third kappa shape index (κ3) is 4.03. The molecule has 5 nitrogen and oxygen atoms in total. The van der Waals surface area contributed by atoms with Crippen LogP contribution in [0.25, 0.3) is 11.5 Å². The molecule has 1 aromatic heterocycles. The highest BCUT2D eigenvalue weighted by atomic mass is 16.4. The predicted octanol–water partition coefficient (Wildman–Crippen LogP) is 3.36. The molecule has 0 spiro atoms. The molecule has 5 heteroatoms. The normalized spacial score (nSPS) is 15.5. The van der Waals surface area contributed by atoms with Crippen molar-refractivity contribution in [3.8, 4) is 11.5 Å².